The third-order valence-corrected chi connectivity index (χ3v) is 2.19. The van der Waals surface area contributed by atoms with E-state index in [-0.39, 0.29) is 5.82 Å². The molecular formula is C11H15FN2OS. The van der Waals surface area contributed by atoms with E-state index in [1.165, 1.54) is 19.2 Å². The minimum Gasteiger partial charge on any atom is -0.494 e. The van der Waals surface area contributed by atoms with Gasteiger partial charge in [-0.25, -0.2) is 4.39 Å². The lowest BCUT2D eigenvalue weighted by atomic mass is 10.3. The van der Waals surface area contributed by atoms with Crippen LogP contribution in [0.2, 0.25) is 0 Å². The van der Waals surface area contributed by atoms with Crippen LogP contribution in [0, 0.1) is 5.82 Å². The van der Waals surface area contributed by atoms with E-state index in [1.54, 1.807) is 6.07 Å². The molecule has 0 radical (unpaired) electrons. The largest absolute Gasteiger partial charge is 0.494 e. The minimum absolute atomic E-state index is 0.338. The number of hydrogen-bond donors (Lipinski definition) is 2. The van der Waals surface area contributed by atoms with E-state index in [0.717, 1.165) is 13.0 Å². The molecule has 1 aromatic rings. The molecule has 0 spiro atoms. The summed E-state index contributed by atoms with van der Waals surface area (Å²) in [5.41, 5.74) is 0.650. The Morgan fingerprint density at radius 2 is 2.25 bits per heavy atom. The summed E-state index contributed by atoms with van der Waals surface area (Å²) in [7, 11) is 1.49. The number of methoxy groups -OCH3 is 1. The van der Waals surface area contributed by atoms with Crippen LogP contribution in [0.15, 0.2) is 18.2 Å². The summed E-state index contributed by atoms with van der Waals surface area (Å²) in [4.78, 5) is 0. The first-order chi connectivity index (χ1) is 7.67. The van der Waals surface area contributed by atoms with E-state index in [1.807, 2.05) is 6.92 Å². The Kier molecular flexibility index (Phi) is 4.98. The molecule has 0 saturated heterocycles. The molecule has 0 aromatic heterocycles. The topological polar surface area (TPSA) is 33.3 Å². The van der Waals surface area contributed by atoms with Crippen molar-refractivity contribution in [1.82, 2.24) is 5.32 Å². The van der Waals surface area contributed by atoms with Crippen molar-refractivity contribution in [3.63, 3.8) is 0 Å². The van der Waals surface area contributed by atoms with E-state index >= 15 is 0 Å². The van der Waals surface area contributed by atoms with Crippen LogP contribution in [-0.4, -0.2) is 18.8 Å². The van der Waals surface area contributed by atoms with Gasteiger partial charge in [0.1, 0.15) is 11.6 Å². The molecule has 0 aliphatic heterocycles. The van der Waals surface area contributed by atoms with Crippen molar-refractivity contribution in [1.29, 1.82) is 0 Å². The van der Waals surface area contributed by atoms with Gasteiger partial charge in [-0.2, -0.15) is 0 Å². The summed E-state index contributed by atoms with van der Waals surface area (Å²) in [5, 5.41) is 6.48. The van der Waals surface area contributed by atoms with Crippen LogP contribution < -0.4 is 15.4 Å². The zero-order chi connectivity index (χ0) is 12.0. The molecule has 0 aliphatic rings. The first-order valence-corrected chi connectivity index (χ1v) is 5.46. The number of hydrogen-bond acceptors (Lipinski definition) is 2. The van der Waals surface area contributed by atoms with E-state index in [9.17, 15) is 4.39 Å². The van der Waals surface area contributed by atoms with Crippen molar-refractivity contribution in [2.45, 2.75) is 13.3 Å². The molecule has 3 nitrogen and oxygen atoms in total. The van der Waals surface area contributed by atoms with Gasteiger partial charge in [0.05, 0.1) is 12.8 Å². The zero-order valence-electron chi connectivity index (χ0n) is 9.34. The normalized spacial score (nSPS) is 9.69. The fourth-order valence-electron chi connectivity index (χ4n) is 1.17. The maximum atomic E-state index is 12.9. The quantitative estimate of drug-likeness (QED) is 0.795. The van der Waals surface area contributed by atoms with Crippen LogP contribution in [0.3, 0.4) is 0 Å². The van der Waals surface area contributed by atoms with Crippen LogP contribution >= 0.6 is 12.2 Å². The Morgan fingerprint density at radius 3 is 2.88 bits per heavy atom. The van der Waals surface area contributed by atoms with Crippen molar-refractivity contribution < 1.29 is 9.13 Å². The Hall–Kier alpha value is -1.36. The predicted octanol–water partition coefficient (Wildman–Crippen LogP) is 2.53. The number of thiocarbonyl (C=S) groups is 1. The zero-order valence-corrected chi connectivity index (χ0v) is 10.2. The molecule has 2 N–H and O–H groups in total. The van der Waals surface area contributed by atoms with Gasteiger partial charge in [-0.05, 0) is 30.8 Å². The number of ether oxygens (including phenoxy) is 1. The van der Waals surface area contributed by atoms with E-state index in [4.69, 9.17) is 17.0 Å². The molecule has 1 rings (SSSR count). The molecule has 1 aromatic carbocycles. The van der Waals surface area contributed by atoms with Gasteiger partial charge in [0.25, 0.3) is 0 Å². The highest BCUT2D eigenvalue weighted by Crippen LogP contribution is 2.24. The number of halogens is 1. The maximum absolute atomic E-state index is 12.9. The van der Waals surface area contributed by atoms with Gasteiger partial charge in [-0.15, -0.1) is 0 Å². The molecule has 0 unspecified atom stereocenters. The van der Waals surface area contributed by atoms with Crippen molar-refractivity contribution in [2.75, 3.05) is 19.0 Å². The Bertz CT molecular complexity index is 371. The summed E-state index contributed by atoms with van der Waals surface area (Å²) in [5.74, 6) is 0.0930. The Labute approximate surface area is 100.0 Å². The van der Waals surface area contributed by atoms with Gasteiger partial charge in [-0.3, -0.25) is 0 Å². The van der Waals surface area contributed by atoms with Gasteiger partial charge in [0.2, 0.25) is 0 Å². The second-order valence-electron chi connectivity index (χ2n) is 3.23. The van der Waals surface area contributed by atoms with Crippen LogP contribution in [0.25, 0.3) is 0 Å². The predicted molar refractivity (Wildman–Crippen MR) is 67.5 cm³/mol. The lowest BCUT2D eigenvalue weighted by Gasteiger charge is -2.12. The molecule has 0 heterocycles. The van der Waals surface area contributed by atoms with Crippen LogP contribution in [-0.2, 0) is 0 Å². The van der Waals surface area contributed by atoms with Gasteiger partial charge in [-0.1, -0.05) is 6.92 Å². The summed E-state index contributed by atoms with van der Waals surface area (Å²) in [6.45, 7) is 2.85. The molecule has 88 valence electrons. The van der Waals surface area contributed by atoms with Crippen LogP contribution in [0.5, 0.6) is 5.75 Å². The highest BCUT2D eigenvalue weighted by Gasteiger charge is 2.05. The first kappa shape index (κ1) is 12.7. The average molecular weight is 242 g/mol. The summed E-state index contributed by atoms with van der Waals surface area (Å²) >= 11 is 5.07. The fraction of sp³-hybridized carbons (Fsp3) is 0.364. The number of benzene rings is 1. The van der Waals surface area contributed by atoms with Gasteiger partial charge in [0, 0.05) is 12.6 Å². The first-order valence-electron chi connectivity index (χ1n) is 5.05. The SMILES string of the molecule is CCCNC(=S)Nc1ccc(F)cc1OC. The van der Waals surface area contributed by atoms with Crippen LogP contribution in [0.4, 0.5) is 10.1 Å². The second-order valence-corrected chi connectivity index (χ2v) is 3.63. The van der Waals surface area contributed by atoms with E-state index in [2.05, 4.69) is 10.6 Å². The smallest absolute Gasteiger partial charge is 0.170 e. The minimum atomic E-state index is -0.338. The van der Waals surface area contributed by atoms with E-state index in [0.29, 0.717) is 16.5 Å². The molecule has 0 amide bonds. The molecule has 0 atom stereocenters. The second kappa shape index (κ2) is 6.27. The molecule has 0 aliphatic carbocycles. The fourth-order valence-corrected chi connectivity index (χ4v) is 1.39. The Morgan fingerprint density at radius 1 is 1.50 bits per heavy atom. The molecule has 16 heavy (non-hydrogen) atoms. The molecular weight excluding hydrogens is 227 g/mol. The highest BCUT2D eigenvalue weighted by molar-refractivity contribution is 7.80. The maximum Gasteiger partial charge on any atom is 0.170 e. The van der Waals surface area contributed by atoms with E-state index < -0.39 is 0 Å². The van der Waals surface area contributed by atoms with Gasteiger partial charge in [0.15, 0.2) is 5.11 Å². The lowest BCUT2D eigenvalue weighted by Crippen LogP contribution is -2.29. The highest BCUT2D eigenvalue weighted by atomic mass is 32.1. The monoisotopic (exact) mass is 242 g/mol. The third-order valence-electron chi connectivity index (χ3n) is 1.95. The molecule has 0 saturated carbocycles. The van der Waals surface area contributed by atoms with Gasteiger partial charge < -0.3 is 15.4 Å². The number of rotatable bonds is 4. The van der Waals surface area contributed by atoms with Crippen molar-refractivity contribution in [3.8, 4) is 5.75 Å². The standard InChI is InChI=1S/C11H15FN2OS/c1-3-6-13-11(16)14-9-5-4-8(12)7-10(9)15-2/h4-5,7H,3,6H2,1-2H3,(H2,13,14,16). The summed E-state index contributed by atoms with van der Waals surface area (Å²) < 4.78 is 18.0. The third kappa shape index (κ3) is 3.66. The molecule has 0 bridgehead atoms. The molecule has 0 fully saturated rings. The lowest BCUT2D eigenvalue weighted by molar-refractivity contribution is 0.413. The van der Waals surface area contributed by atoms with Crippen LogP contribution in [0.1, 0.15) is 13.3 Å². The number of nitrogens with one attached hydrogen (secondary N) is 2. The summed E-state index contributed by atoms with van der Waals surface area (Å²) in [6.07, 6.45) is 0.988. The average Bonchev–Trinajstić information content (AvgIpc) is 2.28. The van der Waals surface area contributed by atoms with Crippen molar-refractivity contribution in [2.24, 2.45) is 0 Å². The van der Waals surface area contributed by atoms with Crippen molar-refractivity contribution in [3.05, 3.63) is 24.0 Å². The van der Waals surface area contributed by atoms with Crippen molar-refractivity contribution >= 4 is 23.0 Å². The summed E-state index contributed by atoms with van der Waals surface area (Å²) in [6, 6.07) is 4.26. The Balaban J connectivity index is 2.69. The molecule has 5 heteroatoms. The number of anilines is 1. The van der Waals surface area contributed by atoms with Gasteiger partial charge >= 0.3 is 0 Å².